The summed E-state index contributed by atoms with van der Waals surface area (Å²) in [5.74, 6) is 0.870. The number of rotatable bonds is 3. The van der Waals surface area contributed by atoms with Gasteiger partial charge in [0, 0.05) is 20.1 Å². The van der Waals surface area contributed by atoms with E-state index in [2.05, 4.69) is 10.3 Å². The van der Waals surface area contributed by atoms with Crippen LogP contribution in [0.25, 0.3) is 0 Å². The molecular formula is C12H19IN4O2S. The maximum Gasteiger partial charge on any atom is 0.238 e. The van der Waals surface area contributed by atoms with Gasteiger partial charge >= 0.3 is 0 Å². The smallest absolute Gasteiger partial charge is 0.238 e. The molecule has 0 spiro atoms. The molecule has 0 radical (unpaired) electrons. The van der Waals surface area contributed by atoms with Crippen molar-refractivity contribution in [3.63, 3.8) is 0 Å². The van der Waals surface area contributed by atoms with E-state index >= 15 is 0 Å². The van der Waals surface area contributed by atoms with E-state index in [1.165, 1.54) is 6.07 Å². The van der Waals surface area contributed by atoms with E-state index in [-0.39, 0.29) is 28.9 Å². The van der Waals surface area contributed by atoms with Crippen LogP contribution in [0.2, 0.25) is 0 Å². The minimum Gasteiger partial charge on any atom is -0.352 e. The van der Waals surface area contributed by atoms with E-state index in [4.69, 9.17) is 5.14 Å². The molecule has 1 aliphatic heterocycles. The Bertz CT molecular complexity index is 616. The van der Waals surface area contributed by atoms with Gasteiger partial charge in [-0.15, -0.1) is 24.0 Å². The van der Waals surface area contributed by atoms with Gasteiger partial charge in [0.05, 0.1) is 11.4 Å². The largest absolute Gasteiger partial charge is 0.352 e. The molecule has 1 aliphatic rings. The van der Waals surface area contributed by atoms with E-state index in [0.29, 0.717) is 6.54 Å². The first-order valence-corrected chi connectivity index (χ1v) is 7.54. The van der Waals surface area contributed by atoms with Crippen LogP contribution in [0.5, 0.6) is 0 Å². The highest BCUT2D eigenvalue weighted by Crippen LogP contribution is 2.14. The summed E-state index contributed by atoms with van der Waals surface area (Å²) in [6.07, 6.45) is 0. The number of sulfonamides is 1. The van der Waals surface area contributed by atoms with E-state index in [1.54, 1.807) is 12.1 Å². The van der Waals surface area contributed by atoms with Crippen LogP contribution in [0.15, 0.2) is 28.1 Å². The van der Waals surface area contributed by atoms with Gasteiger partial charge in [-0.05, 0) is 30.2 Å². The number of hydrogen-bond acceptors (Lipinski definition) is 5. The Labute approximate surface area is 136 Å². The highest BCUT2D eigenvalue weighted by molar-refractivity contribution is 14.0. The van der Waals surface area contributed by atoms with Gasteiger partial charge in [-0.1, -0.05) is 6.07 Å². The third-order valence-corrected chi connectivity index (χ3v) is 4.05. The summed E-state index contributed by atoms with van der Waals surface area (Å²) in [4.78, 5) is 6.53. The lowest BCUT2D eigenvalue weighted by Gasteiger charge is -2.16. The maximum atomic E-state index is 11.2. The van der Waals surface area contributed by atoms with Gasteiger partial charge in [0.15, 0.2) is 5.96 Å². The van der Waals surface area contributed by atoms with Gasteiger partial charge in [0.25, 0.3) is 0 Å². The molecule has 3 N–H and O–H groups in total. The molecule has 0 saturated carbocycles. The molecule has 8 heteroatoms. The standard InChI is InChI=1S/C12H18N4O2S.HI/c1-9-7-11(19(13,17)18)4-3-10(9)8-15-12-14-5-6-16(12)2;/h3-4,7H,5-6,8H2,1-2H3,(H,14,15)(H2,13,17,18);1H. The molecule has 0 atom stereocenters. The van der Waals surface area contributed by atoms with Gasteiger partial charge < -0.3 is 10.2 Å². The fraction of sp³-hybridized carbons (Fsp3) is 0.417. The van der Waals surface area contributed by atoms with Gasteiger partial charge in [-0.25, -0.2) is 13.6 Å². The molecule has 0 aromatic heterocycles. The first-order chi connectivity index (χ1) is 8.88. The third kappa shape index (κ3) is 4.06. The molecule has 0 fully saturated rings. The molecule has 20 heavy (non-hydrogen) atoms. The molecule has 2 rings (SSSR count). The highest BCUT2D eigenvalue weighted by atomic mass is 127. The molecule has 0 aliphatic carbocycles. The van der Waals surface area contributed by atoms with Crippen LogP contribution < -0.4 is 10.5 Å². The van der Waals surface area contributed by atoms with Crippen LogP contribution >= 0.6 is 24.0 Å². The minimum atomic E-state index is -3.63. The van der Waals surface area contributed by atoms with E-state index in [0.717, 1.165) is 30.2 Å². The van der Waals surface area contributed by atoms with Crippen LogP contribution in [0, 0.1) is 6.92 Å². The van der Waals surface area contributed by atoms with Gasteiger partial charge in [-0.3, -0.25) is 4.99 Å². The van der Waals surface area contributed by atoms with Crippen LogP contribution in [-0.4, -0.2) is 39.4 Å². The zero-order valence-corrected chi connectivity index (χ0v) is 14.6. The number of aliphatic imine (C=N–C) groups is 1. The van der Waals surface area contributed by atoms with Gasteiger partial charge in [0.2, 0.25) is 10.0 Å². The summed E-state index contributed by atoms with van der Waals surface area (Å²) < 4.78 is 22.5. The van der Waals surface area contributed by atoms with E-state index in [9.17, 15) is 8.42 Å². The second kappa shape index (κ2) is 6.72. The fourth-order valence-corrected chi connectivity index (χ4v) is 2.54. The van der Waals surface area contributed by atoms with Crippen molar-refractivity contribution in [3.05, 3.63) is 29.3 Å². The lowest BCUT2D eigenvalue weighted by molar-refractivity contribution is 0.534. The number of likely N-dealkylation sites (N-methyl/N-ethyl adjacent to an activating group) is 1. The van der Waals surface area contributed by atoms with Crippen molar-refractivity contribution in [1.29, 1.82) is 0 Å². The van der Waals surface area contributed by atoms with Crippen LogP contribution in [0.4, 0.5) is 0 Å². The lowest BCUT2D eigenvalue weighted by Crippen LogP contribution is -2.35. The van der Waals surface area contributed by atoms with Crippen molar-refractivity contribution in [3.8, 4) is 0 Å². The number of halogens is 1. The predicted molar refractivity (Wildman–Crippen MR) is 89.7 cm³/mol. The zero-order chi connectivity index (χ0) is 14.0. The van der Waals surface area contributed by atoms with Crippen molar-refractivity contribution in [1.82, 2.24) is 10.2 Å². The van der Waals surface area contributed by atoms with E-state index in [1.807, 2.05) is 18.9 Å². The van der Waals surface area contributed by atoms with E-state index < -0.39 is 10.0 Å². The highest BCUT2D eigenvalue weighted by Gasteiger charge is 2.13. The van der Waals surface area contributed by atoms with Crippen LogP contribution in [0.1, 0.15) is 11.1 Å². The summed E-state index contributed by atoms with van der Waals surface area (Å²) >= 11 is 0. The molecular weight excluding hydrogens is 391 g/mol. The number of primary sulfonamides is 1. The van der Waals surface area contributed by atoms with Crippen molar-refractivity contribution >= 4 is 40.0 Å². The number of nitrogens with two attached hydrogens (primary N) is 1. The fourth-order valence-electron chi connectivity index (χ4n) is 1.94. The SMILES string of the molecule is Cc1cc(S(N)(=O)=O)ccc1CNC1=NCCN1C.I. The number of benzene rings is 1. The third-order valence-electron chi connectivity index (χ3n) is 3.14. The second-order valence-corrected chi connectivity index (χ2v) is 6.18. The lowest BCUT2D eigenvalue weighted by atomic mass is 10.1. The number of nitrogens with zero attached hydrogens (tertiary/aromatic N) is 2. The molecule has 0 bridgehead atoms. The molecule has 0 unspecified atom stereocenters. The normalized spacial score (nSPS) is 14.8. The van der Waals surface area contributed by atoms with Crippen molar-refractivity contribution in [2.45, 2.75) is 18.4 Å². The minimum absolute atomic E-state index is 0. The molecule has 1 aromatic carbocycles. The first kappa shape index (κ1) is 17.2. The molecule has 6 nitrogen and oxygen atoms in total. The Morgan fingerprint density at radius 3 is 2.65 bits per heavy atom. The van der Waals surface area contributed by atoms with Crippen LogP contribution in [0.3, 0.4) is 0 Å². The Morgan fingerprint density at radius 1 is 1.45 bits per heavy atom. The average molecular weight is 410 g/mol. The summed E-state index contributed by atoms with van der Waals surface area (Å²) in [6.45, 7) is 4.21. The monoisotopic (exact) mass is 410 g/mol. The summed E-state index contributed by atoms with van der Waals surface area (Å²) in [5.41, 5.74) is 1.91. The molecule has 0 amide bonds. The Kier molecular flexibility index (Phi) is 5.78. The zero-order valence-electron chi connectivity index (χ0n) is 11.5. The topological polar surface area (TPSA) is 87.8 Å². The molecule has 112 valence electrons. The van der Waals surface area contributed by atoms with Crippen LogP contribution in [-0.2, 0) is 16.6 Å². The number of hydrogen-bond donors (Lipinski definition) is 2. The van der Waals surface area contributed by atoms with Gasteiger partial charge in [-0.2, -0.15) is 0 Å². The Hall–Kier alpha value is -0.870. The first-order valence-electron chi connectivity index (χ1n) is 6.00. The number of guanidine groups is 1. The summed E-state index contributed by atoms with van der Waals surface area (Å²) in [7, 11) is -1.65. The predicted octanol–water partition coefficient (Wildman–Crippen LogP) is 0.651. The number of nitrogens with one attached hydrogen (secondary N) is 1. The maximum absolute atomic E-state index is 11.2. The molecule has 0 saturated heterocycles. The van der Waals surface area contributed by atoms with Crippen molar-refractivity contribution in [2.24, 2.45) is 10.1 Å². The quantitative estimate of drug-likeness (QED) is 0.717. The number of aryl methyl sites for hydroxylation is 1. The molecule has 1 aromatic rings. The van der Waals surface area contributed by atoms with Crippen molar-refractivity contribution < 1.29 is 8.42 Å². The summed E-state index contributed by atoms with van der Waals surface area (Å²) in [5, 5.41) is 8.34. The Morgan fingerprint density at radius 2 is 2.15 bits per heavy atom. The average Bonchev–Trinajstić information content (AvgIpc) is 2.72. The van der Waals surface area contributed by atoms with Crippen molar-refractivity contribution in [2.75, 3.05) is 20.1 Å². The Balaban J connectivity index is 0.00000200. The second-order valence-electron chi connectivity index (χ2n) is 4.61. The van der Waals surface area contributed by atoms with Gasteiger partial charge in [0.1, 0.15) is 0 Å². The molecule has 1 heterocycles. The summed E-state index contributed by atoms with van der Waals surface area (Å²) in [6, 6.07) is 4.89.